The Morgan fingerprint density at radius 3 is 3.00 bits per heavy atom. The van der Waals surface area contributed by atoms with E-state index in [0.29, 0.717) is 5.13 Å². The van der Waals surface area contributed by atoms with Crippen LogP contribution >= 0.6 is 11.3 Å². The van der Waals surface area contributed by atoms with Crippen molar-refractivity contribution in [1.29, 1.82) is 0 Å². The van der Waals surface area contributed by atoms with Crippen LogP contribution in [-0.2, 0) is 24.2 Å². The van der Waals surface area contributed by atoms with E-state index in [9.17, 15) is 4.79 Å². The fourth-order valence-corrected chi connectivity index (χ4v) is 4.28. The van der Waals surface area contributed by atoms with Crippen LogP contribution in [0, 0.1) is 0 Å². The molecule has 3 aromatic rings. The molecule has 2 aromatic carbocycles. The SMILES string of the molecule is COC(=O)Nc1nc2c(s1)CN(Cc1cccc3ccccc13)CC2. The molecule has 0 atom stereocenters. The first-order valence-corrected chi connectivity index (χ1v) is 9.07. The maximum atomic E-state index is 11.3. The number of methoxy groups -OCH3 is 1. The molecule has 0 bridgehead atoms. The number of anilines is 1. The summed E-state index contributed by atoms with van der Waals surface area (Å²) in [7, 11) is 1.36. The number of hydrogen-bond donors (Lipinski definition) is 1. The summed E-state index contributed by atoms with van der Waals surface area (Å²) in [5.41, 5.74) is 2.43. The average molecular weight is 353 g/mol. The van der Waals surface area contributed by atoms with E-state index in [1.165, 1.54) is 39.7 Å². The normalized spacial score (nSPS) is 14.3. The van der Waals surface area contributed by atoms with Crippen molar-refractivity contribution in [3.8, 4) is 0 Å². The van der Waals surface area contributed by atoms with Gasteiger partial charge in [-0.2, -0.15) is 0 Å². The Morgan fingerprint density at radius 2 is 2.12 bits per heavy atom. The fourth-order valence-electron chi connectivity index (χ4n) is 3.25. The van der Waals surface area contributed by atoms with E-state index in [1.807, 2.05) is 0 Å². The first-order chi connectivity index (χ1) is 12.2. The van der Waals surface area contributed by atoms with Crippen molar-refractivity contribution in [3.05, 3.63) is 58.6 Å². The predicted molar refractivity (Wildman–Crippen MR) is 99.9 cm³/mol. The van der Waals surface area contributed by atoms with Gasteiger partial charge in [-0.3, -0.25) is 10.2 Å². The van der Waals surface area contributed by atoms with Crippen molar-refractivity contribution in [2.24, 2.45) is 0 Å². The van der Waals surface area contributed by atoms with Gasteiger partial charge in [0.25, 0.3) is 0 Å². The minimum Gasteiger partial charge on any atom is -0.453 e. The third-order valence-corrected chi connectivity index (χ3v) is 5.48. The standard InChI is InChI=1S/C19H19N3O2S/c1-24-19(23)21-18-20-16-9-10-22(12-17(16)25-18)11-14-7-4-6-13-5-2-3-8-15(13)14/h2-8H,9-12H2,1H3,(H,20,21,23). The Labute approximate surface area is 150 Å². The number of nitrogens with one attached hydrogen (secondary N) is 1. The molecule has 0 radical (unpaired) electrons. The van der Waals surface area contributed by atoms with Crippen molar-refractivity contribution in [1.82, 2.24) is 9.88 Å². The molecular formula is C19H19N3O2S. The van der Waals surface area contributed by atoms with Crippen LogP contribution in [0.1, 0.15) is 16.1 Å². The highest BCUT2D eigenvalue weighted by atomic mass is 32.1. The second-order valence-corrected chi connectivity index (χ2v) is 7.19. The molecule has 2 heterocycles. The molecular weight excluding hydrogens is 334 g/mol. The van der Waals surface area contributed by atoms with Crippen molar-refractivity contribution in [2.45, 2.75) is 19.5 Å². The quantitative estimate of drug-likeness (QED) is 0.772. The van der Waals surface area contributed by atoms with Crippen LogP contribution < -0.4 is 5.32 Å². The lowest BCUT2D eigenvalue weighted by Crippen LogP contribution is -2.29. The number of carbonyl (C=O) groups excluding carboxylic acids is 1. The fraction of sp³-hybridized carbons (Fsp3) is 0.263. The van der Waals surface area contributed by atoms with Crippen molar-refractivity contribution in [3.63, 3.8) is 0 Å². The summed E-state index contributed by atoms with van der Waals surface area (Å²) in [5.74, 6) is 0. The minimum atomic E-state index is -0.473. The molecule has 1 aliphatic rings. The van der Waals surface area contributed by atoms with Gasteiger partial charge in [0.15, 0.2) is 5.13 Å². The molecule has 25 heavy (non-hydrogen) atoms. The van der Waals surface area contributed by atoms with Gasteiger partial charge >= 0.3 is 6.09 Å². The van der Waals surface area contributed by atoms with E-state index in [2.05, 4.69) is 62.4 Å². The van der Waals surface area contributed by atoms with E-state index < -0.39 is 6.09 Å². The number of thiazole rings is 1. The van der Waals surface area contributed by atoms with Crippen LogP contribution in [0.4, 0.5) is 9.93 Å². The zero-order valence-corrected chi connectivity index (χ0v) is 14.8. The number of aromatic nitrogens is 1. The lowest BCUT2D eigenvalue weighted by atomic mass is 10.0. The molecule has 128 valence electrons. The highest BCUT2D eigenvalue weighted by molar-refractivity contribution is 7.15. The van der Waals surface area contributed by atoms with E-state index in [4.69, 9.17) is 0 Å². The summed E-state index contributed by atoms with van der Waals surface area (Å²) in [6, 6.07) is 15.0. The van der Waals surface area contributed by atoms with Crippen LogP contribution in [0.25, 0.3) is 10.8 Å². The largest absolute Gasteiger partial charge is 0.453 e. The van der Waals surface area contributed by atoms with E-state index in [-0.39, 0.29) is 0 Å². The first-order valence-electron chi connectivity index (χ1n) is 8.25. The predicted octanol–water partition coefficient (Wildman–Crippen LogP) is 4.03. The number of benzene rings is 2. The summed E-state index contributed by atoms with van der Waals surface area (Å²) >= 11 is 1.53. The molecule has 0 saturated carbocycles. The number of amides is 1. The third kappa shape index (κ3) is 3.36. The maximum absolute atomic E-state index is 11.3. The molecule has 0 fully saturated rings. The van der Waals surface area contributed by atoms with Crippen molar-refractivity contribution in [2.75, 3.05) is 19.0 Å². The second kappa shape index (κ2) is 6.82. The molecule has 0 aliphatic carbocycles. The summed E-state index contributed by atoms with van der Waals surface area (Å²) in [4.78, 5) is 19.5. The van der Waals surface area contributed by atoms with Crippen LogP contribution in [0.3, 0.4) is 0 Å². The molecule has 0 saturated heterocycles. The third-order valence-electron chi connectivity index (χ3n) is 4.48. The Morgan fingerprint density at radius 1 is 1.28 bits per heavy atom. The maximum Gasteiger partial charge on any atom is 0.413 e. The monoisotopic (exact) mass is 353 g/mol. The number of ether oxygens (including phenoxy) is 1. The zero-order valence-electron chi connectivity index (χ0n) is 14.0. The lowest BCUT2D eigenvalue weighted by Gasteiger charge is -2.26. The molecule has 6 heteroatoms. The number of rotatable bonds is 3. The lowest BCUT2D eigenvalue weighted by molar-refractivity contribution is 0.187. The van der Waals surface area contributed by atoms with Crippen LogP contribution in [0.2, 0.25) is 0 Å². The van der Waals surface area contributed by atoms with Gasteiger partial charge in [0, 0.05) is 30.9 Å². The van der Waals surface area contributed by atoms with Gasteiger partial charge in [-0.05, 0) is 16.3 Å². The highest BCUT2D eigenvalue weighted by Crippen LogP contribution is 2.30. The van der Waals surface area contributed by atoms with Gasteiger partial charge in [-0.15, -0.1) is 0 Å². The summed E-state index contributed by atoms with van der Waals surface area (Å²) in [6.45, 7) is 2.75. The van der Waals surface area contributed by atoms with Gasteiger partial charge in [-0.25, -0.2) is 9.78 Å². The van der Waals surface area contributed by atoms with E-state index >= 15 is 0 Å². The zero-order chi connectivity index (χ0) is 17.2. The first kappa shape index (κ1) is 16.1. The number of carbonyl (C=O) groups is 1. The van der Waals surface area contributed by atoms with Gasteiger partial charge in [0.1, 0.15) is 0 Å². The Bertz CT molecular complexity index is 917. The Balaban J connectivity index is 1.51. The second-order valence-electron chi connectivity index (χ2n) is 6.10. The number of hydrogen-bond acceptors (Lipinski definition) is 5. The van der Waals surface area contributed by atoms with Gasteiger partial charge in [0.2, 0.25) is 0 Å². The average Bonchev–Trinajstić information content (AvgIpc) is 3.03. The minimum absolute atomic E-state index is 0.473. The summed E-state index contributed by atoms with van der Waals surface area (Å²) in [6.07, 6.45) is 0.429. The van der Waals surface area contributed by atoms with Crippen LogP contribution in [-0.4, -0.2) is 29.6 Å². The van der Waals surface area contributed by atoms with E-state index in [1.54, 1.807) is 0 Å². The van der Waals surface area contributed by atoms with E-state index in [0.717, 1.165) is 31.7 Å². The van der Waals surface area contributed by atoms with Crippen LogP contribution in [0.15, 0.2) is 42.5 Å². The van der Waals surface area contributed by atoms with Crippen LogP contribution in [0.5, 0.6) is 0 Å². The molecule has 1 aliphatic heterocycles. The topological polar surface area (TPSA) is 54.5 Å². The Hall–Kier alpha value is -2.44. The summed E-state index contributed by atoms with van der Waals surface area (Å²) < 4.78 is 4.63. The number of fused-ring (bicyclic) bond motifs is 2. The summed E-state index contributed by atoms with van der Waals surface area (Å²) in [5, 5.41) is 5.87. The van der Waals surface area contributed by atoms with Gasteiger partial charge < -0.3 is 4.74 Å². The molecule has 0 spiro atoms. The molecule has 5 nitrogen and oxygen atoms in total. The smallest absolute Gasteiger partial charge is 0.413 e. The van der Waals surface area contributed by atoms with Crippen molar-refractivity contribution >= 4 is 33.3 Å². The van der Waals surface area contributed by atoms with Gasteiger partial charge in [0.05, 0.1) is 12.8 Å². The molecule has 1 amide bonds. The Kier molecular flexibility index (Phi) is 4.38. The van der Waals surface area contributed by atoms with Crippen molar-refractivity contribution < 1.29 is 9.53 Å². The van der Waals surface area contributed by atoms with Gasteiger partial charge in [-0.1, -0.05) is 53.8 Å². The molecule has 4 rings (SSSR count). The molecule has 0 unspecified atom stereocenters. The molecule has 1 aromatic heterocycles. The number of nitrogens with zero attached hydrogens (tertiary/aromatic N) is 2. The molecule has 1 N–H and O–H groups in total. The highest BCUT2D eigenvalue weighted by Gasteiger charge is 2.22.